The van der Waals surface area contributed by atoms with Gasteiger partial charge in [-0.2, -0.15) is 5.10 Å². The Balaban J connectivity index is 1.62. The zero-order chi connectivity index (χ0) is 18.4. The number of aromatic nitrogens is 2. The van der Waals surface area contributed by atoms with Crippen molar-refractivity contribution in [2.75, 3.05) is 30.3 Å². The van der Waals surface area contributed by atoms with Gasteiger partial charge in [0.15, 0.2) is 5.69 Å². The van der Waals surface area contributed by atoms with Crippen LogP contribution in [0.1, 0.15) is 36.3 Å². The summed E-state index contributed by atoms with van der Waals surface area (Å²) in [4.78, 5) is 24.0. The normalized spacial score (nSPS) is 16.7. The number of carbonyl (C=O) groups excluding carboxylic acids is 2. The van der Waals surface area contributed by atoms with Gasteiger partial charge in [-0.25, -0.2) is 4.79 Å². The van der Waals surface area contributed by atoms with Crippen LogP contribution in [0.4, 0.5) is 16.2 Å². The van der Waals surface area contributed by atoms with Gasteiger partial charge in [-0.1, -0.05) is 6.07 Å². The molecule has 1 fully saturated rings. The number of nitrogens with zero attached hydrogens (tertiary/aromatic N) is 2. The minimum absolute atomic E-state index is 0.275. The van der Waals surface area contributed by atoms with E-state index >= 15 is 0 Å². The fraction of sp³-hybridized carbons (Fsp3) is 0.389. The van der Waals surface area contributed by atoms with E-state index in [1.807, 2.05) is 17.8 Å². The summed E-state index contributed by atoms with van der Waals surface area (Å²) in [5.41, 5.74) is 1.57. The Labute approximate surface area is 152 Å². The highest BCUT2D eigenvalue weighted by atomic mass is 16.2. The SMILES string of the molecule is CCNC(=O)Nc1cccc(NC(=O)c2ccn(C3CCCNC3)n2)c1. The van der Waals surface area contributed by atoms with Crippen molar-refractivity contribution in [2.45, 2.75) is 25.8 Å². The van der Waals surface area contributed by atoms with Crippen LogP contribution in [-0.4, -0.2) is 41.4 Å². The first kappa shape index (κ1) is 17.9. The lowest BCUT2D eigenvalue weighted by molar-refractivity contribution is 0.102. The second-order valence-electron chi connectivity index (χ2n) is 6.20. The summed E-state index contributed by atoms with van der Waals surface area (Å²) in [5, 5.41) is 15.9. The molecule has 26 heavy (non-hydrogen) atoms. The van der Waals surface area contributed by atoms with E-state index in [1.54, 1.807) is 30.3 Å². The zero-order valence-electron chi connectivity index (χ0n) is 14.8. The Kier molecular flexibility index (Phi) is 5.85. The summed E-state index contributed by atoms with van der Waals surface area (Å²) in [6.45, 7) is 4.29. The molecule has 138 valence electrons. The van der Waals surface area contributed by atoms with Crippen molar-refractivity contribution in [3.63, 3.8) is 0 Å². The van der Waals surface area contributed by atoms with Gasteiger partial charge in [0, 0.05) is 30.7 Å². The maximum atomic E-state index is 12.4. The summed E-state index contributed by atoms with van der Waals surface area (Å²) < 4.78 is 1.86. The van der Waals surface area contributed by atoms with Crippen molar-refractivity contribution in [1.29, 1.82) is 0 Å². The number of hydrogen-bond acceptors (Lipinski definition) is 4. The molecule has 8 nitrogen and oxygen atoms in total. The van der Waals surface area contributed by atoms with E-state index in [2.05, 4.69) is 26.4 Å². The van der Waals surface area contributed by atoms with E-state index in [0.717, 1.165) is 25.9 Å². The molecule has 1 atom stereocenters. The van der Waals surface area contributed by atoms with Crippen LogP contribution in [-0.2, 0) is 0 Å². The lowest BCUT2D eigenvalue weighted by Gasteiger charge is -2.22. The van der Waals surface area contributed by atoms with Crippen LogP contribution in [0.5, 0.6) is 0 Å². The van der Waals surface area contributed by atoms with Gasteiger partial charge in [0.2, 0.25) is 0 Å². The predicted octanol–water partition coefficient (Wildman–Crippen LogP) is 2.20. The topological polar surface area (TPSA) is 100 Å². The van der Waals surface area contributed by atoms with Gasteiger partial charge in [-0.05, 0) is 50.6 Å². The number of piperidine rings is 1. The van der Waals surface area contributed by atoms with Gasteiger partial charge in [0.1, 0.15) is 0 Å². The van der Waals surface area contributed by atoms with Crippen LogP contribution in [0.25, 0.3) is 0 Å². The number of benzene rings is 1. The van der Waals surface area contributed by atoms with Crippen molar-refractivity contribution in [3.05, 3.63) is 42.2 Å². The number of urea groups is 1. The van der Waals surface area contributed by atoms with Gasteiger partial charge in [0.25, 0.3) is 5.91 Å². The molecule has 0 bridgehead atoms. The van der Waals surface area contributed by atoms with Gasteiger partial charge in [-0.15, -0.1) is 0 Å². The molecule has 0 radical (unpaired) electrons. The maximum Gasteiger partial charge on any atom is 0.319 e. The van der Waals surface area contributed by atoms with Crippen LogP contribution in [0.3, 0.4) is 0 Å². The fourth-order valence-electron chi connectivity index (χ4n) is 2.93. The average molecular weight is 356 g/mol. The molecule has 3 amide bonds. The minimum atomic E-state index is -0.282. The molecular weight excluding hydrogens is 332 g/mol. The Morgan fingerprint density at radius 3 is 2.81 bits per heavy atom. The third-order valence-corrected chi connectivity index (χ3v) is 4.20. The number of rotatable bonds is 5. The summed E-state index contributed by atoms with van der Waals surface area (Å²) in [5.74, 6) is -0.275. The third kappa shape index (κ3) is 4.60. The summed E-state index contributed by atoms with van der Waals surface area (Å²) >= 11 is 0. The van der Waals surface area contributed by atoms with E-state index in [4.69, 9.17) is 0 Å². The first-order valence-corrected chi connectivity index (χ1v) is 8.88. The standard InChI is InChI=1S/C18H24N6O2/c1-2-20-18(26)22-14-6-3-5-13(11-14)21-17(25)16-8-10-24(23-16)15-7-4-9-19-12-15/h3,5-6,8,10-11,15,19H,2,4,7,9,12H2,1H3,(H,21,25)(H2,20,22,26). The van der Waals surface area contributed by atoms with Gasteiger partial charge < -0.3 is 21.3 Å². The molecule has 0 spiro atoms. The van der Waals surface area contributed by atoms with Crippen LogP contribution in [0, 0.1) is 0 Å². The molecule has 1 saturated heterocycles. The molecule has 1 aromatic carbocycles. The van der Waals surface area contributed by atoms with Crippen LogP contribution in [0.2, 0.25) is 0 Å². The zero-order valence-corrected chi connectivity index (χ0v) is 14.8. The second kappa shape index (κ2) is 8.48. The number of anilines is 2. The Bertz CT molecular complexity index is 767. The largest absolute Gasteiger partial charge is 0.338 e. The fourth-order valence-corrected chi connectivity index (χ4v) is 2.93. The number of amides is 3. The Hall–Kier alpha value is -2.87. The molecule has 0 aliphatic carbocycles. The first-order chi connectivity index (χ1) is 12.7. The highest BCUT2D eigenvalue weighted by Crippen LogP contribution is 2.18. The molecule has 0 saturated carbocycles. The van der Waals surface area contributed by atoms with Crippen LogP contribution < -0.4 is 21.3 Å². The van der Waals surface area contributed by atoms with Crippen molar-refractivity contribution >= 4 is 23.3 Å². The monoisotopic (exact) mass is 356 g/mol. The molecule has 1 aromatic heterocycles. The van der Waals surface area contributed by atoms with Crippen LogP contribution in [0.15, 0.2) is 36.5 Å². The Morgan fingerprint density at radius 2 is 2.08 bits per heavy atom. The van der Waals surface area contributed by atoms with E-state index in [-0.39, 0.29) is 18.0 Å². The van der Waals surface area contributed by atoms with Crippen molar-refractivity contribution in [1.82, 2.24) is 20.4 Å². The molecular formula is C18H24N6O2. The van der Waals surface area contributed by atoms with E-state index < -0.39 is 0 Å². The summed E-state index contributed by atoms with van der Waals surface area (Å²) in [6.07, 6.45) is 4.01. The van der Waals surface area contributed by atoms with Crippen LogP contribution >= 0.6 is 0 Å². The number of hydrogen-bond donors (Lipinski definition) is 4. The van der Waals surface area contributed by atoms with E-state index in [9.17, 15) is 9.59 Å². The average Bonchev–Trinajstić information content (AvgIpc) is 3.13. The van der Waals surface area contributed by atoms with Gasteiger partial charge >= 0.3 is 6.03 Å². The highest BCUT2D eigenvalue weighted by molar-refractivity contribution is 6.03. The molecule has 2 heterocycles. The minimum Gasteiger partial charge on any atom is -0.338 e. The quantitative estimate of drug-likeness (QED) is 0.660. The van der Waals surface area contributed by atoms with Crippen molar-refractivity contribution in [3.8, 4) is 0 Å². The second-order valence-corrected chi connectivity index (χ2v) is 6.20. The van der Waals surface area contributed by atoms with Gasteiger partial charge in [0.05, 0.1) is 6.04 Å². The third-order valence-electron chi connectivity index (χ3n) is 4.20. The molecule has 1 aliphatic heterocycles. The smallest absolute Gasteiger partial charge is 0.319 e. The van der Waals surface area contributed by atoms with E-state index in [1.165, 1.54) is 0 Å². The lowest BCUT2D eigenvalue weighted by atomic mass is 10.1. The molecule has 3 rings (SSSR count). The molecule has 2 aromatic rings. The molecule has 4 N–H and O–H groups in total. The van der Waals surface area contributed by atoms with Crippen molar-refractivity contribution < 1.29 is 9.59 Å². The predicted molar refractivity (Wildman–Crippen MR) is 100 cm³/mol. The molecule has 1 unspecified atom stereocenters. The first-order valence-electron chi connectivity index (χ1n) is 8.88. The van der Waals surface area contributed by atoms with E-state index in [0.29, 0.717) is 23.6 Å². The highest BCUT2D eigenvalue weighted by Gasteiger charge is 2.17. The maximum absolute atomic E-state index is 12.4. The number of nitrogens with one attached hydrogen (secondary N) is 4. The summed E-state index contributed by atoms with van der Waals surface area (Å²) in [7, 11) is 0. The summed E-state index contributed by atoms with van der Waals surface area (Å²) in [6, 6.07) is 8.73. The Morgan fingerprint density at radius 1 is 1.27 bits per heavy atom. The lowest BCUT2D eigenvalue weighted by Crippen LogP contribution is -2.32. The molecule has 1 aliphatic rings. The number of carbonyl (C=O) groups is 2. The molecule has 8 heteroatoms. The van der Waals surface area contributed by atoms with Gasteiger partial charge in [-0.3, -0.25) is 9.48 Å². The van der Waals surface area contributed by atoms with Crippen molar-refractivity contribution in [2.24, 2.45) is 0 Å².